The van der Waals surface area contributed by atoms with Crippen LogP contribution in [0.3, 0.4) is 0 Å². The Labute approximate surface area is 121 Å². The summed E-state index contributed by atoms with van der Waals surface area (Å²) in [6.07, 6.45) is 3.19. The van der Waals surface area contributed by atoms with Gasteiger partial charge in [-0.3, -0.25) is 4.90 Å². The highest BCUT2D eigenvalue weighted by Gasteiger charge is 2.19. The van der Waals surface area contributed by atoms with Crippen LogP contribution in [0.2, 0.25) is 0 Å². The van der Waals surface area contributed by atoms with E-state index in [1.165, 1.54) is 0 Å². The van der Waals surface area contributed by atoms with Gasteiger partial charge in [-0.1, -0.05) is 19.1 Å². The molecule has 2 nitrogen and oxygen atoms in total. The van der Waals surface area contributed by atoms with Crippen LogP contribution >= 0.6 is 12.4 Å². The predicted molar refractivity (Wildman–Crippen MR) is 80.1 cm³/mol. The second-order valence-corrected chi connectivity index (χ2v) is 5.19. The van der Waals surface area contributed by atoms with Crippen LogP contribution in [0, 0.1) is 11.7 Å². The molecule has 0 aliphatic carbocycles. The Bertz CT molecular complexity index is 390. The maximum Gasteiger partial charge on any atom is 0.127 e. The second kappa shape index (κ2) is 7.83. The second-order valence-electron chi connectivity index (χ2n) is 5.19. The fourth-order valence-corrected chi connectivity index (χ4v) is 2.72. The molecule has 1 fully saturated rings. The van der Waals surface area contributed by atoms with Crippen molar-refractivity contribution in [3.8, 4) is 0 Å². The van der Waals surface area contributed by atoms with Crippen molar-refractivity contribution in [1.82, 2.24) is 4.90 Å². The Kier molecular flexibility index (Phi) is 6.76. The van der Waals surface area contributed by atoms with Crippen LogP contribution in [0.4, 0.5) is 4.39 Å². The number of halogens is 2. The van der Waals surface area contributed by atoms with Gasteiger partial charge in [0, 0.05) is 12.1 Å². The summed E-state index contributed by atoms with van der Waals surface area (Å²) in [6, 6.07) is 5.41. The number of hydrogen-bond donors (Lipinski definition) is 1. The lowest BCUT2D eigenvalue weighted by atomic mass is 9.96. The number of piperidine rings is 1. The molecule has 4 heteroatoms. The molecule has 1 saturated heterocycles. The topological polar surface area (TPSA) is 29.3 Å². The minimum Gasteiger partial charge on any atom is -0.330 e. The number of likely N-dealkylation sites (tertiary alicyclic amines) is 1. The van der Waals surface area contributed by atoms with Crippen LogP contribution in [-0.2, 0) is 13.0 Å². The van der Waals surface area contributed by atoms with Crippen molar-refractivity contribution in [2.24, 2.45) is 11.7 Å². The Hall–Kier alpha value is -0.640. The van der Waals surface area contributed by atoms with Gasteiger partial charge in [0.2, 0.25) is 0 Å². The van der Waals surface area contributed by atoms with E-state index in [0.717, 1.165) is 56.6 Å². The molecule has 0 amide bonds. The first-order valence-corrected chi connectivity index (χ1v) is 6.93. The van der Waals surface area contributed by atoms with Gasteiger partial charge in [0.15, 0.2) is 0 Å². The highest BCUT2D eigenvalue weighted by atomic mass is 35.5. The van der Waals surface area contributed by atoms with Gasteiger partial charge in [-0.25, -0.2) is 4.39 Å². The summed E-state index contributed by atoms with van der Waals surface area (Å²) in [6.45, 7) is 5.69. The summed E-state index contributed by atoms with van der Waals surface area (Å²) in [5.41, 5.74) is 7.71. The molecule has 0 saturated carbocycles. The Morgan fingerprint density at radius 2 is 2.00 bits per heavy atom. The van der Waals surface area contributed by atoms with Crippen LogP contribution in [-0.4, -0.2) is 24.5 Å². The average molecular weight is 287 g/mol. The van der Waals surface area contributed by atoms with Crippen molar-refractivity contribution < 1.29 is 4.39 Å². The van der Waals surface area contributed by atoms with Crippen molar-refractivity contribution in [2.75, 3.05) is 19.6 Å². The molecule has 0 spiro atoms. The molecule has 0 radical (unpaired) electrons. The monoisotopic (exact) mass is 286 g/mol. The molecule has 1 aromatic carbocycles. The lowest BCUT2D eigenvalue weighted by molar-refractivity contribution is 0.178. The van der Waals surface area contributed by atoms with Gasteiger partial charge in [0.05, 0.1) is 0 Å². The Morgan fingerprint density at radius 3 is 2.58 bits per heavy atom. The highest BCUT2D eigenvalue weighted by Crippen LogP contribution is 2.21. The summed E-state index contributed by atoms with van der Waals surface area (Å²) < 4.78 is 13.9. The maximum atomic E-state index is 13.9. The average Bonchev–Trinajstić information content (AvgIpc) is 2.42. The van der Waals surface area contributed by atoms with Crippen molar-refractivity contribution >= 4 is 12.4 Å². The zero-order valence-corrected chi connectivity index (χ0v) is 12.4. The van der Waals surface area contributed by atoms with Gasteiger partial charge in [-0.2, -0.15) is 0 Å². The van der Waals surface area contributed by atoms with Crippen LogP contribution in [0.5, 0.6) is 0 Å². The standard InChI is InChI=1S/C15H23FN2.ClH/c1-2-13-4-3-5-15(16)14(13)11-18-8-6-12(10-17)7-9-18;/h3-5,12H,2,6-11,17H2,1H3;1H. The van der Waals surface area contributed by atoms with Crippen molar-refractivity contribution in [2.45, 2.75) is 32.7 Å². The van der Waals surface area contributed by atoms with E-state index >= 15 is 0 Å². The van der Waals surface area contributed by atoms with Crippen LogP contribution in [0.1, 0.15) is 30.9 Å². The summed E-state index contributed by atoms with van der Waals surface area (Å²) >= 11 is 0. The first kappa shape index (κ1) is 16.4. The predicted octanol–water partition coefficient (Wildman–Crippen LogP) is 2.98. The van der Waals surface area contributed by atoms with Gasteiger partial charge in [0.25, 0.3) is 0 Å². The molecule has 0 bridgehead atoms. The molecule has 1 heterocycles. The summed E-state index contributed by atoms with van der Waals surface area (Å²) in [5.74, 6) is 0.600. The Balaban J connectivity index is 0.00000180. The van der Waals surface area contributed by atoms with Crippen molar-refractivity contribution in [3.05, 3.63) is 35.1 Å². The summed E-state index contributed by atoms with van der Waals surface area (Å²) in [7, 11) is 0. The number of nitrogens with zero attached hydrogens (tertiary/aromatic N) is 1. The van der Waals surface area contributed by atoms with E-state index in [2.05, 4.69) is 11.8 Å². The number of benzene rings is 1. The highest BCUT2D eigenvalue weighted by molar-refractivity contribution is 5.85. The van der Waals surface area contributed by atoms with E-state index in [4.69, 9.17) is 5.73 Å². The minimum atomic E-state index is -0.0599. The van der Waals surface area contributed by atoms with Crippen LogP contribution < -0.4 is 5.73 Å². The first-order valence-electron chi connectivity index (χ1n) is 6.93. The van der Waals surface area contributed by atoms with Crippen LogP contribution in [0.15, 0.2) is 18.2 Å². The SMILES string of the molecule is CCc1cccc(F)c1CN1CCC(CN)CC1.Cl. The van der Waals surface area contributed by atoms with Gasteiger partial charge in [-0.15, -0.1) is 12.4 Å². The smallest absolute Gasteiger partial charge is 0.127 e. The molecule has 0 unspecified atom stereocenters. The lowest BCUT2D eigenvalue weighted by Crippen LogP contribution is -2.36. The fraction of sp³-hybridized carbons (Fsp3) is 0.600. The molecule has 2 N–H and O–H groups in total. The zero-order valence-electron chi connectivity index (χ0n) is 11.6. The molecule has 1 aromatic rings. The van der Waals surface area contributed by atoms with Crippen LogP contribution in [0.25, 0.3) is 0 Å². The molecular weight excluding hydrogens is 263 g/mol. The number of nitrogens with two attached hydrogens (primary N) is 1. The molecule has 1 aliphatic heterocycles. The number of aryl methyl sites for hydroxylation is 1. The molecule has 108 valence electrons. The number of rotatable bonds is 4. The number of hydrogen-bond acceptors (Lipinski definition) is 2. The zero-order chi connectivity index (χ0) is 13.0. The third kappa shape index (κ3) is 4.16. The Morgan fingerprint density at radius 1 is 1.32 bits per heavy atom. The van der Waals surface area contributed by atoms with E-state index < -0.39 is 0 Å². The quantitative estimate of drug-likeness (QED) is 0.922. The molecule has 19 heavy (non-hydrogen) atoms. The lowest BCUT2D eigenvalue weighted by Gasteiger charge is -2.31. The van der Waals surface area contributed by atoms with E-state index in [0.29, 0.717) is 5.92 Å². The third-order valence-corrected chi connectivity index (χ3v) is 4.02. The molecule has 0 atom stereocenters. The van der Waals surface area contributed by atoms with Gasteiger partial charge >= 0.3 is 0 Å². The third-order valence-electron chi connectivity index (χ3n) is 4.02. The fourth-order valence-electron chi connectivity index (χ4n) is 2.72. The normalized spacial score (nSPS) is 17.2. The van der Waals surface area contributed by atoms with Gasteiger partial charge in [0.1, 0.15) is 5.82 Å². The van der Waals surface area contributed by atoms with E-state index in [-0.39, 0.29) is 18.2 Å². The van der Waals surface area contributed by atoms with Gasteiger partial charge in [-0.05, 0) is 56.4 Å². The molecule has 0 aromatic heterocycles. The largest absolute Gasteiger partial charge is 0.330 e. The molecular formula is C15H24ClFN2. The van der Waals surface area contributed by atoms with E-state index in [9.17, 15) is 4.39 Å². The summed E-state index contributed by atoms with van der Waals surface area (Å²) in [4.78, 5) is 2.35. The molecule has 2 rings (SSSR count). The van der Waals surface area contributed by atoms with Gasteiger partial charge < -0.3 is 5.73 Å². The minimum absolute atomic E-state index is 0. The van der Waals surface area contributed by atoms with E-state index in [1.807, 2.05) is 6.07 Å². The molecule has 1 aliphatic rings. The van der Waals surface area contributed by atoms with Crippen molar-refractivity contribution in [1.29, 1.82) is 0 Å². The first-order chi connectivity index (χ1) is 8.74. The van der Waals surface area contributed by atoms with E-state index in [1.54, 1.807) is 12.1 Å². The maximum absolute atomic E-state index is 13.9. The summed E-state index contributed by atoms with van der Waals surface area (Å²) in [5, 5.41) is 0. The van der Waals surface area contributed by atoms with Crippen molar-refractivity contribution in [3.63, 3.8) is 0 Å².